The predicted octanol–water partition coefficient (Wildman–Crippen LogP) is 11.6. The number of nitrogens with one attached hydrogen (secondary N) is 1. The van der Waals surface area contributed by atoms with Crippen molar-refractivity contribution in [1.82, 2.24) is 5.32 Å². The molecule has 0 bridgehead atoms. The molecular formula is C53H95NO8. The topological polar surface area (TPSA) is 149 Å². The van der Waals surface area contributed by atoms with Gasteiger partial charge in [0, 0.05) is 6.42 Å². The highest BCUT2D eigenvalue weighted by atomic mass is 16.7. The maximum Gasteiger partial charge on any atom is 0.220 e. The molecular weight excluding hydrogens is 779 g/mol. The number of hydrogen-bond donors (Lipinski definition) is 6. The zero-order valence-corrected chi connectivity index (χ0v) is 39.6. The molecule has 1 saturated heterocycles. The molecule has 1 rings (SSSR count). The maximum atomic E-state index is 13.0. The number of amides is 1. The van der Waals surface area contributed by atoms with Gasteiger partial charge in [-0.2, -0.15) is 0 Å². The Kier molecular flexibility index (Phi) is 40.0. The van der Waals surface area contributed by atoms with E-state index < -0.39 is 49.5 Å². The van der Waals surface area contributed by atoms with Gasteiger partial charge in [0.25, 0.3) is 0 Å². The molecule has 1 heterocycles. The fourth-order valence-electron chi connectivity index (χ4n) is 7.79. The summed E-state index contributed by atoms with van der Waals surface area (Å²) in [6.45, 7) is 3.65. The van der Waals surface area contributed by atoms with Gasteiger partial charge >= 0.3 is 0 Å². The molecule has 360 valence electrons. The van der Waals surface area contributed by atoms with Crippen LogP contribution in [0.25, 0.3) is 0 Å². The first-order valence-corrected chi connectivity index (χ1v) is 25.5. The molecule has 0 aliphatic carbocycles. The summed E-state index contributed by atoms with van der Waals surface area (Å²) < 4.78 is 11.2. The Hall–Kier alpha value is -2.11. The molecule has 6 N–H and O–H groups in total. The van der Waals surface area contributed by atoms with E-state index in [9.17, 15) is 30.3 Å². The Bertz CT molecular complexity index is 1150. The van der Waals surface area contributed by atoms with Crippen LogP contribution in [0.15, 0.2) is 60.8 Å². The molecule has 62 heavy (non-hydrogen) atoms. The van der Waals surface area contributed by atoms with Crippen molar-refractivity contribution in [2.75, 3.05) is 13.2 Å². The van der Waals surface area contributed by atoms with E-state index in [0.717, 1.165) is 64.2 Å². The summed E-state index contributed by atoms with van der Waals surface area (Å²) in [6.07, 6.45) is 49.9. The number of ether oxygens (including phenoxy) is 2. The van der Waals surface area contributed by atoms with Gasteiger partial charge in [-0.25, -0.2) is 0 Å². The zero-order valence-electron chi connectivity index (χ0n) is 39.6. The smallest absolute Gasteiger partial charge is 0.220 e. The van der Waals surface area contributed by atoms with Crippen molar-refractivity contribution in [2.45, 2.75) is 256 Å². The Morgan fingerprint density at radius 2 is 1.00 bits per heavy atom. The molecule has 7 atom stereocenters. The molecule has 0 saturated carbocycles. The van der Waals surface area contributed by atoms with E-state index in [1.165, 1.54) is 128 Å². The Morgan fingerprint density at radius 1 is 0.565 bits per heavy atom. The number of hydrogen-bond acceptors (Lipinski definition) is 8. The van der Waals surface area contributed by atoms with E-state index in [1.807, 2.05) is 6.08 Å². The number of carbonyl (C=O) groups is 1. The van der Waals surface area contributed by atoms with Crippen LogP contribution in [0.1, 0.15) is 213 Å². The van der Waals surface area contributed by atoms with Crippen molar-refractivity contribution in [1.29, 1.82) is 0 Å². The van der Waals surface area contributed by atoms with Crippen molar-refractivity contribution in [3.8, 4) is 0 Å². The molecule has 0 aromatic carbocycles. The zero-order chi connectivity index (χ0) is 45.1. The van der Waals surface area contributed by atoms with Crippen LogP contribution in [-0.4, -0.2) is 87.5 Å². The van der Waals surface area contributed by atoms with Gasteiger partial charge in [0.1, 0.15) is 24.4 Å². The normalized spacial score (nSPS) is 20.8. The molecule has 0 aromatic rings. The average Bonchev–Trinajstić information content (AvgIpc) is 3.27. The number of aliphatic hydroxyl groups excluding tert-OH is 5. The van der Waals surface area contributed by atoms with Crippen molar-refractivity contribution in [2.24, 2.45) is 0 Å². The van der Waals surface area contributed by atoms with Crippen LogP contribution in [0.5, 0.6) is 0 Å². The fourth-order valence-corrected chi connectivity index (χ4v) is 7.79. The first-order valence-electron chi connectivity index (χ1n) is 25.5. The first kappa shape index (κ1) is 57.9. The van der Waals surface area contributed by atoms with Gasteiger partial charge in [-0.1, -0.05) is 209 Å². The largest absolute Gasteiger partial charge is 0.394 e. The van der Waals surface area contributed by atoms with Crippen molar-refractivity contribution in [3.05, 3.63) is 60.8 Å². The van der Waals surface area contributed by atoms with Gasteiger partial charge in [0.2, 0.25) is 5.91 Å². The van der Waals surface area contributed by atoms with Gasteiger partial charge in [-0.05, 0) is 57.8 Å². The highest BCUT2D eigenvalue weighted by molar-refractivity contribution is 5.76. The lowest BCUT2D eigenvalue weighted by Crippen LogP contribution is -2.60. The highest BCUT2D eigenvalue weighted by Gasteiger charge is 2.44. The highest BCUT2D eigenvalue weighted by Crippen LogP contribution is 2.23. The second-order valence-electron chi connectivity index (χ2n) is 17.6. The third-order valence-corrected chi connectivity index (χ3v) is 11.8. The molecule has 1 fully saturated rings. The minimum atomic E-state index is -1.57. The molecule has 1 aliphatic heterocycles. The molecule has 9 nitrogen and oxygen atoms in total. The molecule has 9 heteroatoms. The minimum Gasteiger partial charge on any atom is -0.394 e. The Balaban J connectivity index is 2.21. The van der Waals surface area contributed by atoms with Gasteiger partial charge in [-0.3, -0.25) is 4.79 Å². The lowest BCUT2D eigenvalue weighted by atomic mass is 9.99. The van der Waals surface area contributed by atoms with E-state index in [1.54, 1.807) is 6.08 Å². The monoisotopic (exact) mass is 874 g/mol. The summed E-state index contributed by atoms with van der Waals surface area (Å²) in [7, 11) is 0. The first-order chi connectivity index (χ1) is 30.3. The van der Waals surface area contributed by atoms with E-state index in [-0.39, 0.29) is 12.5 Å². The van der Waals surface area contributed by atoms with E-state index in [2.05, 4.69) is 67.8 Å². The van der Waals surface area contributed by atoms with Crippen molar-refractivity contribution in [3.63, 3.8) is 0 Å². The summed E-state index contributed by atoms with van der Waals surface area (Å²) in [4.78, 5) is 13.0. The van der Waals surface area contributed by atoms with Crippen LogP contribution >= 0.6 is 0 Å². The van der Waals surface area contributed by atoms with Crippen LogP contribution < -0.4 is 5.32 Å². The number of carbonyl (C=O) groups excluding carboxylic acids is 1. The summed E-state index contributed by atoms with van der Waals surface area (Å²) in [5, 5.41) is 54.2. The number of unbranched alkanes of at least 4 members (excludes halogenated alkanes) is 24. The third-order valence-electron chi connectivity index (χ3n) is 11.8. The number of aliphatic hydroxyl groups is 5. The van der Waals surface area contributed by atoms with Crippen LogP contribution in [0.2, 0.25) is 0 Å². The fraction of sp³-hybridized carbons (Fsp3) is 0.792. The van der Waals surface area contributed by atoms with Crippen LogP contribution in [0.4, 0.5) is 0 Å². The second kappa shape index (κ2) is 42.8. The SMILES string of the molecule is CC/C=C\C/C=C\C/C=C\C/C=C\CCCCCCCCCCCCCCCCC(=O)NC(COC1OC(CO)C(O)C(O)C1O)C(O)/C=C/CCCCCCCCCCCC. The molecule has 1 aliphatic rings. The van der Waals surface area contributed by atoms with E-state index >= 15 is 0 Å². The lowest BCUT2D eigenvalue weighted by Gasteiger charge is -2.40. The van der Waals surface area contributed by atoms with Gasteiger partial charge in [0.15, 0.2) is 6.29 Å². The summed E-state index contributed by atoms with van der Waals surface area (Å²) in [6, 6.07) is -0.805. The quantitative estimate of drug-likeness (QED) is 0.0262. The molecule has 0 aromatic heterocycles. The standard InChI is InChI=1S/C53H95NO8/c1-3-5-7-9-11-13-15-17-18-19-20-21-22-23-24-25-26-27-28-29-30-31-33-35-37-39-41-43-49(57)54-46(45-61-53-52(60)51(59)50(58)48(44-55)62-53)47(56)42-40-38-36-34-32-16-14-12-10-8-6-4-2/h5,7,11,13,17-18,20-21,40,42,46-48,50-53,55-56,58-60H,3-4,6,8-10,12,14-16,19,22-39,41,43-45H2,1-2H3,(H,54,57)/b7-5-,13-11-,18-17-,21-20-,42-40+. The maximum absolute atomic E-state index is 13.0. The predicted molar refractivity (Wildman–Crippen MR) is 258 cm³/mol. The molecule has 0 spiro atoms. The number of rotatable bonds is 42. The molecule has 0 radical (unpaired) electrons. The summed E-state index contributed by atoms with van der Waals surface area (Å²) in [5.41, 5.74) is 0. The average molecular weight is 874 g/mol. The van der Waals surface area contributed by atoms with E-state index in [0.29, 0.717) is 6.42 Å². The lowest BCUT2D eigenvalue weighted by molar-refractivity contribution is -0.302. The summed E-state index contributed by atoms with van der Waals surface area (Å²) in [5.74, 6) is -0.180. The van der Waals surface area contributed by atoms with Crippen molar-refractivity contribution >= 4 is 5.91 Å². The van der Waals surface area contributed by atoms with E-state index in [4.69, 9.17) is 9.47 Å². The van der Waals surface area contributed by atoms with Crippen LogP contribution in [-0.2, 0) is 14.3 Å². The Morgan fingerprint density at radius 3 is 1.48 bits per heavy atom. The second-order valence-corrected chi connectivity index (χ2v) is 17.6. The summed E-state index contributed by atoms with van der Waals surface area (Å²) >= 11 is 0. The van der Waals surface area contributed by atoms with Crippen LogP contribution in [0, 0.1) is 0 Å². The molecule has 1 amide bonds. The van der Waals surface area contributed by atoms with Gasteiger partial charge in [-0.15, -0.1) is 0 Å². The number of allylic oxidation sites excluding steroid dienone is 9. The van der Waals surface area contributed by atoms with Crippen molar-refractivity contribution < 1.29 is 39.8 Å². The van der Waals surface area contributed by atoms with Gasteiger partial charge < -0.3 is 40.3 Å². The Labute approximate surface area is 379 Å². The molecule has 7 unspecified atom stereocenters. The van der Waals surface area contributed by atoms with Crippen LogP contribution in [0.3, 0.4) is 0 Å². The van der Waals surface area contributed by atoms with Gasteiger partial charge in [0.05, 0.1) is 25.4 Å². The minimum absolute atomic E-state index is 0.180. The third kappa shape index (κ3) is 32.5.